The van der Waals surface area contributed by atoms with Gasteiger partial charge in [0.2, 0.25) is 0 Å². The van der Waals surface area contributed by atoms with E-state index in [2.05, 4.69) is 21.2 Å². The SMILES string of the molecule is COc1cc(C(=O)Nc2cc(Cl)c(C)cc2Br)ccc1F. The molecule has 2 rings (SSSR count). The Morgan fingerprint density at radius 2 is 2.05 bits per heavy atom. The van der Waals surface area contributed by atoms with Crippen molar-refractivity contribution in [3.63, 3.8) is 0 Å². The van der Waals surface area contributed by atoms with Gasteiger partial charge in [0.25, 0.3) is 5.91 Å². The van der Waals surface area contributed by atoms with Crippen molar-refractivity contribution in [2.24, 2.45) is 0 Å². The topological polar surface area (TPSA) is 38.3 Å². The lowest BCUT2D eigenvalue weighted by molar-refractivity contribution is 0.102. The Morgan fingerprint density at radius 1 is 1.33 bits per heavy atom. The van der Waals surface area contributed by atoms with Crippen LogP contribution < -0.4 is 10.1 Å². The molecule has 0 aromatic heterocycles. The molecule has 0 unspecified atom stereocenters. The number of anilines is 1. The van der Waals surface area contributed by atoms with Crippen LogP contribution >= 0.6 is 27.5 Å². The van der Waals surface area contributed by atoms with E-state index in [-0.39, 0.29) is 17.2 Å². The number of methoxy groups -OCH3 is 1. The Balaban J connectivity index is 2.28. The molecule has 0 aliphatic rings. The normalized spacial score (nSPS) is 10.3. The van der Waals surface area contributed by atoms with Gasteiger partial charge in [0.05, 0.1) is 12.8 Å². The van der Waals surface area contributed by atoms with Crippen molar-refractivity contribution in [3.05, 3.63) is 56.8 Å². The van der Waals surface area contributed by atoms with Gasteiger partial charge in [-0.05, 0) is 58.7 Å². The lowest BCUT2D eigenvalue weighted by Crippen LogP contribution is -2.12. The molecule has 1 N–H and O–H groups in total. The number of nitrogens with one attached hydrogen (secondary N) is 1. The number of amides is 1. The van der Waals surface area contributed by atoms with E-state index in [1.807, 2.05) is 13.0 Å². The van der Waals surface area contributed by atoms with Crippen molar-refractivity contribution in [2.75, 3.05) is 12.4 Å². The summed E-state index contributed by atoms with van der Waals surface area (Å²) in [6.07, 6.45) is 0. The Bertz CT molecular complexity index is 706. The number of carbonyl (C=O) groups is 1. The summed E-state index contributed by atoms with van der Waals surface area (Å²) < 4.78 is 18.9. The molecule has 0 radical (unpaired) electrons. The number of rotatable bonds is 3. The number of aryl methyl sites for hydroxylation is 1. The van der Waals surface area contributed by atoms with Crippen molar-refractivity contribution < 1.29 is 13.9 Å². The van der Waals surface area contributed by atoms with E-state index in [9.17, 15) is 9.18 Å². The molecule has 21 heavy (non-hydrogen) atoms. The third kappa shape index (κ3) is 3.54. The first-order valence-electron chi connectivity index (χ1n) is 6.03. The highest BCUT2D eigenvalue weighted by atomic mass is 79.9. The number of carbonyl (C=O) groups excluding carboxylic acids is 1. The highest BCUT2D eigenvalue weighted by Crippen LogP contribution is 2.29. The number of benzene rings is 2. The van der Waals surface area contributed by atoms with Crippen molar-refractivity contribution in [3.8, 4) is 5.75 Å². The quantitative estimate of drug-likeness (QED) is 0.839. The Labute approximate surface area is 135 Å². The van der Waals surface area contributed by atoms with Crippen molar-refractivity contribution in [2.45, 2.75) is 6.92 Å². The molecule has 0 saturated carbocycles. The number of hydrogen-bond acceptors (Lipinski definition) is 2. The number of hydrogen-bond donors (Lipinski definition) is 1. The second-order valence-electron chi connectivity index (χ2n) is 4.38. The van der Waals surface area contributed by atoms with Gasteiger partial charge in [-0.2, -0.15) is 0 Å². The standard InChI is InChI=1S/C15H12BrClFNO2/c1-8-5-10(16)13(7-11(8)17)19-15(20)9-3-4-12(18)14(6-9)21-2/h3-7H,1-2H3,(H,19,20). The van der Waals surface area contributed by atoms with Crippen LogP contribution in [0.5, 0.6) is 5.75 Å². The monoisotopic (exact) mass is 371 g/mol. The third-order valence-corrected chi connectivity index (χ3v) is 3.97. The van der Waals surface area contributed by atoms with Gasteiger partial charge >= 0.3 is 0 Å². The molecule has 6 heteroatoms. The minimum absolute atomic E-state index is 0.0173. The summed E-state index contributed by atoms with van der Waals surface area (Å²) in [4.78, 5) is 12.2. The Morgan fingerprint density at radius 3 is 2.71 bits per heavy atom. The second-order valence-corrected chi connectivity index (χ2v) is 5.65. The zero-order valence-corrected chi connectivity index (χ0v) is 13.7. The molecule has 0 atom stereocenters. The fraction of sp³-hybridized carbons (Fsp3) is 0.133. The minimum Gasteiger partial charge on any atom is -0.494 e. The van der Waals surface area contributed by atoms with Gasteiger partial charge in [-0.15, -0.1) is 0 Å². The van der Waals surface area contributed by atoms with Gasteiger partial charge < -0.3 is 10.1 Å². The van der Waals surface area contributed by atoms with E-state index in [1.165, 1.54) is 25.3 Å². The van der Waals surface area contributed by atoms with Crippen LogP contribution in [0.3, 0.4) is 0 Å². The highest BCUT2D eigenvalue weighted by molar-refractivity contribution is 9.10. The maximum absolute atomic E-state index is 13.3. The predicted molar refractivity (Wildman–Crippen MR) is 84.8 cm³/mol. The lowest BCUT2D eigenvalue weighted by atomic mass is 10.1. The van der Waals surface area contributed by atoms with E-state index in [1.54, 1.807) is 6.07 Å². The van der Waals surface area contributed by atoms with E-state index >= 15 is 0 Å². The van der Waals surface area contributed by atoms with Gasteiger partial charge in [-0.25, -0.2) is 4.39 Å². The smallest absolute Gasteiger partial charge is 0.255 e. The first-order valence-corrected chi connectivity index (χ1v) is 7.20. The van der Waals surface area contributed by atoms with E-state index in [0.717, 1.165) is 5.56 Å². The molecule has 110 valence electrons. The molecular formula is C15H12BrClFNO2. The molecule has 2 aromatic rings. The first-order chi connectivity index (χ1) is 9.92. The largest absolute Gasteiger partial charge is 0.494 e. The molecule has 0 bridgehead atoms. The molecule has 0 fully saturated rings. The summed E-state index contributed by atoms with van der Waals surface area (Å²) in [6, 6.07) is 7.37. The molecule has 0 heterocycles. The minimum atomic E-state index is -0.520. The van der Waals surface area contributed by atoms with Crippen molar-refractivity contribution in [1.29, 1.82) is 0 Å². The van der Waals surface area contributed by atoms with Gasteiger partial charge in [-0.3, -0.25) is 4.79 Å². The van der Waals surface area contributed by atoms with Gasteiger partial charge in [0.1, 0.15) is 0 Å². The Hall–Kier alpha value is -1.59. The molecule has 2 aromatic carbocycles. The van der Waals surface area contributed by atoms with Gasteiger partial charge in [0.15, 0.2) is 11.6 Å². The maximum atomic E-state index is 13.3. The van der Waals surface area contributed by atoms with Gasteiger partial charge in [-0.1, -0.05) is 11.6 Å². The zero-order chi connectivity index (χ0) is 15.6. The van der Waals surface area contributed by atoms with Crippen LogP contribution in [-0.2, 0) is 0 Å². The molecule has 0 aliphatic carbocycles. The average molecular weight is 373 g/mol. The predicted octanol–water partition coefficient (Wildman–Crippen LogP) is 4.81. The fourth-order valence-corrected chi connectivity index (χ4v) is 2.46. The van der Waals surface area contributed by atoms with Crippen LogP contribution in [0.15, 0.2) is 34.8 Å². The summed E-state index contributed by atoms with van der Waals surface area (Å²) >= 11 is 9.41. The summed E-state index contributed by atoms with van der Waals surface area (Å²) in [5.41, 5.74) is 1.72. The number of ether oxygens (including phenoxy) is 1. The van der Waals surface area contributed by atoms with Crippen LogP contribution in [0.1, 0.15) is 15.9 Å². The van der Waals surface area contributed by atoms with Crippen LogP contribution in [0, 0.1) is 12.7 Å². The molecule has 0 spiro atoms. The molecule has 3 nitrogen and oxygen atoms in total. The third-order valence-electron chi connectivity index (χ3n) is 2.91. The van der Waals surface area contributed by atoms with Crippen LogP contribution in [0.25, 0.3) is 0 Å². The van der Waals surface area contributed by atoms with E-state index in [4.69, 9.17) is 16.3 Å². The van der Waals surface area contributed by atoms with E-state index < -0.39 is 5.82 Å². The summed E-state index contributed by atoms with van der Waals surface area (Å²) in [5, 5.41) is 3.26. The van der Waals surface area contributed by atoms with Crippen LogP contribution in [-0.4, -0.2) is 13.0 Å². The van der Waals surface area contributed by atoms with Crippen LogP contribution in [0.2, 0.25) is 5.02 Å². The summed E-state index contributed by atoms with van der Waals surface area (Å²) in [6.45, 7) is 1.86. The second kappa shape index (κ2) is 6.45. The number of halogens is 3. The fourth-order valence-electron chi connectivity index (χ4n) is 1.74. The maximum Gasteiger partial charge on any atom is 0.255 e. The summed E-state index contributed by atoms with van der Waals surface area (Å²) in [7, 11) is 1.34. The van der Waals surface area contributed by atoms with Crippen molar-refractivity contribution >= 4 is 39.1 Å². The van der Waals surface area contributed by atoms with Gasteiger partial charge in [0, 0.05) is 15.1 Å². The average Bonchev–Trinajstić information content (AvgIpc) is 2.45. The highest BCUT2D eigenvalue weighted by Gasteiger charge is 2.12. The first kappa shape index (κ1) is 15.8. The molecule has 0 aliphatic heterocycles. The lowest BCUT2D eigenvalue weighted by Gasteiger charge is -2.10. The molecule has 1 amide bonds. The molecule has 0 saturated heterocycles. The Kier molecular flexibility index (Phi) is 4.85. The zero-order valence-electron chi connectivity index (χ0n) is 11.3. The van der Waals surface area contributed by atoms with E-state index in [0.29, 0.717) is 15.2 Å². The van der Waals surface area contributed by atoms with Crippen molar-refractivity contribution in [1.82, 2.24) is 0 Å². The van der Waals surface area contributed by atoms with Crippen LogP contribution in [0.4, 0.5) is 10.1 Å². The molecular weight excluding hydrogens is 361 g/mol. The summed E-state index contributed by atoms with van der Waals surface area (Å²) in [5.74, 6) is -0.883.